The lowest BCUT2D eigenvalue weighted by atomic mass is 10.0. The standard InChI is InChI=1S/C14H18BrNOS/c1-10-7-11(2)13(15)8-12(10)9-14(18)16-3-5-17-6-4-16/h7-8H,3-6,9H2,1-2H3. The fourth-order valence-corrected chi connectivity index (χ4v) is 2.87. The number of nitrogens with zero attached hydrogens (tertiary/aromatic N) is 1. The Morgan fingerprint density at radius 2 is 1.94 bits per heavy atom. The number of ether oxygens (including phenoxy) is 1. The molecule has 0 aliphatic carbocycles. The van der Waals surface area contributed by atoms with Gasteiger partial charge in [0.15, 0.2) is 0 Å². The molecule has 1 aliphatic heterocycles. The third-order valence-corrected chi connectivity index (χ3v) is 4.58. The Balaban J connectivity index is 2.08. The van der Waals surface area contributed by atoms with E-state index >= 15 is 0 Å². The molecule has 1 aromatic rings. The minimum Gasteiger partial charge on any atom is -0.378 e. The van der Waals surface area contributed by atoms with Crippen molar-refractivity contribution in [3.8, 4) is 0 Å². The van der Waals surface area contributed by atoms with E-state index in [0.29, 0.717) is 0 Å². The Morgan fingerprint density at radius 1 is 1.28 bits per heavy atom. The highest BCUT2D eigenvalue weighted by Crippen LogP contribution is 2.22. The number of morpholine rings is 1. The Kier molecular flexibility index (Phi) is 4.76. The van der Waals surface area contributed by atoms with Gasteiger partial charge in [0.05, 0.1) is 18.2 Å². The molecule has 1 heterocycles. The Hall–Kier alpha value is -0.450. The van der Waals surface area contributed by atoms with Gasteiger partial charge in [0.2, 0.25) is 0 Å². The van der Waals surface area contributed by atoms with E-state index in [1.807, 2.05) is 0 Å². The van der Waals surface area contributed by atoms with Crippen molar-refractivity contribution in [3.63, 3.8) is 0 Å². The molecule has 0 N–H and O–H groups in total. The summed E-state index contributed by atoms with van der Waals surface area (Å²) in [7, 11) is 0. The number of halogens is 1. The number of aryl methyl sites for hydroxylation is 2. The maximum absolute atomic E-state index is 5.55. The fourth-order valence-electron chi connectivity index (χ4n) is 2.14. The van der Waals surface area contributed by atoms with E-state index in [4.69, 9.17) is 17.0 Å². The van der Waals surface area contributed by atoms with E-state index in [1.54, 1.807) is 0 Å². The lowest BCUT2D eigenvalue weighted by Crippen LogP contribution is -2.40. The van der Waals surface area contributed by atoms with Gasteiger partial charge in [-0.2, -0.15) is 0 Å². The van der Waals surface area contributed by atoms with Crippen molar-refractivity contribution in [2.45, 2.75) is 20.3 Å². The predicted octanol–water partition coefficient (Wildman–Crippen LogP) is 3.27. The highest BCUT2D eigenvalue weighted by molar-refractivity contribution is 9.10. The first-order chi connectivity index (χ1) is 8.58. The van der Waals surface area contributed by atoms with E-state index in [1.165, 1.54) is 16.7 Å². The summed E-state index contributed by atoms with van der Waals surface area (Å²) < 4.78 is 6.51. The van der Waals surface area contributed by atoms with Crippen molar-refractivity contribution in [3.05, 3.63) is 33.3 Å². The Morgan fingerprint density at radius 3 is 2.61 bits per heavy atom. The molecule has 0 aromatic heterocycles. The largest absolute Gasteiger partial charge is 0.378 e. The Labute approximate surface area is 122 Å². The third-order valence-electron chi connectivity index (χ3n) is 3.32. The van der Waals surface area contributed by atoms with Crippen molar-refractivity contribution in [2.24, 2.45) is 0 Å². The average Bonchev–Trinajstić information content (AvgIpc) is 2.37. The fraction of sp³-hybridized carbons (Fsp3) is 0.500. The lowest BCUT2D eigenvalue weighted by molar-refractivity contribution is 0.0684. The summed E-state index contributed by atoms with van der Waals surface area (Å²) in [5.41, 5.74) is 3.89. The third kappa shape index (κ3) is 3.31. The maximum atomic E-state index is 5.55. The van der Waals surface area contributed by atoms with Crippen LogP contribution in [0.4, 0.5) is 0 Å². The van der Waals surface area contributed by atoms with E-state index in [9.17, 15) is 0 Å². The summed E-state index contributed by atoms with van der Waals surface area (Å²) in [6.45, 7) is 7.68. The van der Waals surface area contributed by atoms with Crippen LogP contribution in [-0.4, -0.2) is 36.2 Å². The quantitative estimate of drug-likeness (QED) is 0.773. The van der Waals surface area contributed by atoms with Gasteiger partial charge in [0.25, 0.3) is 0 Å². The van der Waals surface area contributed by atoms with Crippen LogP contribution in [0.25, 0.3) is 0 Å². The van der Waals surface area contributed by atoms with Crippen molar-refractivity contribution in [1.29, 1.82) is 0 Å². The predicted molar refractivity (Wildman–Crippen MR) is 82.3 cm³/mol. The molecule has 0 atom stereocenters. The van der Waals surface area contributed by atoms with Crippen LogP contribution < -0.4 is 0 Å². The molecule has 0 unspecified atom stereocenters. The summed E-state index contributed by atoms with van der Waals surface area (Å²) >= 11 is 9.14. The van der Waals surface area contributed by atoms with Gasteiger partial charge in [0, 0.05) is 24.0 Å². The zero-order chi connectivity index (χ0) is 13.1. The van der Waals surface area contributed by atoms with Gasteiger partial charge in [0.1, 0.15) is 0 Å². The van der Waals surface area contributed by atoms with E-state index in [2.05, 4.69) is 46.8 Å². The van der Waals surface area contributed by atoms with Crippen molar-refractivity contribution >= 4 is 33.1 Å². The van der Waals surface area contributed by atoms with Gasteiger partial charge in [-0.15, -0.1) is 0 Å². The molecule has 0 spiro atoms. The van der Waals surface area contributed by atoms with Gasteiger partial charge in [-0.3, -0.25) is 0 Å². The van der Waals surface area contributed by atoms with Crippen molar-refractivity contribution < 1.29 is 4.74 Å². The van der Waals surface area contributed by atoms with E-state index in [-0.39, 0.29) is 0 Å². The highest BCUT2D eigenvalue weighted by atomic mass is 79.9. The molecule has 0 bridgehead atoms. The summed E-state index contributed by atoms with van der Waals surface area (Å²) in [6, 6.07) is 4.40. The normalized spacial score (nSPS) is 15.8. The van der Waals surface area contributed by atoms with E-state index < -0.39 is 0 Å². The molecule has 4 heteroatoms. The SMILES string of the molecule is Cc1cc(C)c(CC(=S)N2CCOCC2)cc1Br. The summed E-state index contributed by atoms with van der Waals surface area (Å²) in [4.78, 5) is 3.28. The van der Waals surface area contributed by atoms with Crippen LogP contribution in [0.15, 0.2) is 16.6 Å². The molecule has 1 fully saturated rings. The maximum Gasteiger partial charge on any atom is 0.0825 e. The molecule has 98 valence electrons. The second-order valence-electron chi connectivity index (χ2n) is 4.70. The number of hydrogen-bond acceptors (Lipinski definition) is 2. The number of hydrogen-bond donors (Lipinski definition) is 0. The molecule has 2 rings (SSSR count). The van der Waals surface area contributed by atoms with Gasteiger partial charge >= 0.3 is 0 Å². The monoisotopic (exact) mass is 327 g/mol. The van der Waals surface area contributed by atoms with Gasteiger partial charge in [-0.25, -0.2) is 0 Å². The summed E-state index contributed by atoms with van der Waals surface area (Å²) in [6.07, 6.45) is 0.847. The molecule has 1 saturated heterocycles. The second kappa shape index (κ2) is 6.13. The van der Waals surface area contributed by atoms with Crippen LogP contribution in [0.1, 0.15) is 16.7 Å². The highest BCUT2D eigenvalue weighted by Gasteiger charge is 2.15. The van der Waals surface area contributed by atoms with Crippen LogP contribution >= 0.6 is 28.1 Å². The molecular formula is C14H18BrNOS. The van der Waals surface area contributed by atoms with Crippen molar-refractivity contribution in [2.75, 3.05) is 26.3 Å². The molecule has 0 radical (unpaired) electrons. The molecule has 0 amide bonds. The van der Waals surface area contributed by atoms with Crippen LogP contribution in [0.2, 0.25) is 0 Å². The molecule has 0 saturated carbocycles. The Bertz CT molecular complexity index is 455. The zero-order valence-electron chi connectivity index (χ0n) is 10.8. The second-order valence-corrected chi connectivity index (χ2v) is 6.02. The topological polar surface area (TPSA) is 12.5 Å². The number of benzene rings is 1. The molecule has 2 nitrogen and oxygen atoms in total. The summed E-state index contributed by atoms with van der Waals surface area (Å²) in [5.74, 6) is 0. The first-order valence-electron chi connectivity index (χ1n) is 6.19. The average molecular weight is 328 g/mol. The minimum absolute atomic E-state index is 0.788. The minimum atomic E-state index is 0.788. The van der Waals surface area contributed by atoms with Crippen LogP contribution in [-0.2, 0) is 11.2 Å². The smallest absolute Gasteiger partial charge is 0.0825 e. The molecular weight excluding hydrogens is 310 g/mol. The van der Waals surface area contributed by atoms with Crippen LogP contribution in [0, 0.1) is 13.8 Å². The molecule has 18 heavy (non-hydrogen) atoms. The zero-order valence-corrected chi connectivity index (χ0v) is 13.2. The van der Waals surface area contributed by atoms with E-state index in [0.717, 1.165) is 42.2 Å². The summed E-state index contributed by atoms with van der Waals surface area (Å²) in [5, 5.41) is 0. The lowest BCUT2D eigenvalue weighted by Gasteiger charge is -2.29. The first kappa shape index (κ1) is 14.0. The van der Waals surface area contributed by atoms with Gasteiger partial charge in [-0.1, -0.05) is 34.2 Å². The molecule has 1 aromatic carbocycles. The van der Waals surface area contributed by atoms with Gasteiger partial charge in [-0.05, 0) is 36.6 Å². The number of thiocarbonyl (C=S) groups is 1. The van der Waals surface area contributed by atoms with Crippen LogP contribution in [0.3, 0.4) is 0 Å². The number of rotatable bonds is 2. The first-order valence-corrected chi connectivity index (χ1v) is 7.39. The van der Waals surface area contributed by atoms with Gasteiger partial charge < -0.3 is 9.64 Å². The van der Waals surface area contributed by atoms with Crippen molar-refractivity contribution in [1.82, 2.24) is 4.90 Å². The van der Waals surface area contributed by atoms with Crippen LogP contribution in [0.5, 0.6) is 0 Å². The molecule has 1 aliphatic rings.